The number of carbonyl (C=O) groups excluding carboxylic acids is 1. The van der Waals surface area contributed by atoms with Crippen LogP contribution in [0.3, 0.4) is 0 Å². The molecule has 0 saturated carbocycles. The second kappa shape index (κ2) is 6.69. The number of sulfonamides is 1. The smallest absolute Gasteiger partial charge is 0.250 e. The molecule has 1 heterocycles. The molecule has 2 N–H and O–H groups in total. The average Bonchev–Trinajstić information content (AvgIpc) is 2.87. The molecular formula is C12H9ClF2N2O3S2. The predicted octanol–water partition coefficient (Wildman–Crippen LogP) is 2.60. The third-order valence-corrected chi connectivity index (χ3v) is 5.57. The summed E-state index contributed by atoms with van der Waals surface area (Å²) in [5.41, 5.74) is -0.246. The van der Waals surface area contributed by atoms with Crippen LogP contribution < -0.4 is 10.0 Å². The van der Waals surface area contributed by atoms with Crippen LogP contribution in [0, 0.1) is 11.6 Å². The fourth-order valence-corrected chi connectivity index (χ4v) is 3.97. The number of carbonyl (C=O) groups is 1. The van der Waals surface area contributed by atoms with Gasteiger partial charge >= 0.3 is 0 Å². The van der Waals surface area contributed by atoms with Crippen LogP contribution >= 0.6 is 22.9 Å². The van der Waals surface area contributed by atoms with Crippen molar-refractivity contribution in [2.45, 2.75) is 4.21 Å². The monoisotopic (exact) mass is 366 g/mol. The Kier molecular flexibility index (Phi) is 5.12. The Morgan fingerprint density at radius 1 is 1.23 bits per heavy atom. The highest BCUT2D eigenvalue weighted by atomic mass is 35.5. The summed E-state index contributed by atoms with van der Waals surface area (Å²) >= 11 is 6.48. The molecule has 1 amide bonds. The van der Waals surface area contributed by atoms with Gasteiger partial charge < -0.3 is 5.32 Å². The van der Waals surface area contributed by atoms with Gasteiger partial charge in [-0.1, -0.05) is 11.6 Å². The number of rotatable bonds is 5. The number of amides is 1. The molecule has 118 valence electrons. The van der Waals surface area contributed by atoms with Crippen molar-refractivity contribution < 1.29 is 22.0 Å². The molecule has 1 aromatic carbocycles. The van der Waals surface area contributed by atoms with Gasteiger partial charge in [0.1, 0.15) is 15.8 Å². The van der Waals surface area contributed by atoms with E-state index in [0.29, 0.717) is 10.4 Å². The van der Waals surface area contributed by atoms with E-state index >= 15 is 0 Å². The number of benzene rings is 1. The van der Waals surface area contributed by atoms with Gasteiger partial charge in [-0.15, -0.1) is 11.3 Å². The second-order valence-corrected chi connectivity index (χ2v) is 7.76. The summed E-state index contributed by atoms with van der Waals surface area (Å²) < 4.78 is 52.1. The summed E-state index contributed by atoms with van der Waals surface area (Å²) in [6.45, 7) is -0.603. The van der Waals surface area contributed by atoms with Crippen molar-refractivity contribution >= 4 is 44.6 Å². The SMILES string of the molecule is O=C(CNS(=O)(=O)c1ccc(Cl)s1)Nc1ccc(F)cc1F. The van der Waals surface area contributed by atoms with E-state index in [2.05, 4.69) is 10.0 Å². The molecule has 0 aliphatic rings. The summed E-state index contributed by atoms with van der Waals surface area (Å²) in [7, 11) is -3.87. The molecule has 10 heteroatoms. The Hall–Kier alpha value is -1.55. The van der Waals surface area contributed by atoms with Crippen molar-refractivity contribution in [3.63, 3.8) is 0 Å². The van der Waals surface area contributed by atoms with Crippen molar-refractivity contribution in [1.82, 2.24) is 4.72 Å². The first-order chi connectivity index (χ1) is 10.3. The molecule has 22 heavy (non-hydrogen) atoms. The van der Waals surface area contributed by atoms with E-state index in [1.807, 2.05) is 0 Å². The predicted molar refractivity (Wildman–Crippen MR) is 79.5 cm³/mol. The Labute approximate surface area is 134 Å². The van der Waals surface area contributed by atoms with E-state index in [1.165, 1.54) is 12.1 Å². The number of anilines is 1. The summed E-state index contributed by atoms with van der Waals surface area (Å²) in [6.07, 6.45) is 0. The highest BCUT2D eigenvalue weighted by Crippen LogP contribution is 2.25. The summed E-state index contributed by atoms with van der Waals surface area (Å²) in [5, 5.41) is 2.14. The molecule has 2 rings (SSSR count). The van der Waals surface area contributed by atoms with Crippen molar-refractivity contribution in [2.75, 3.05) is 11.9 Å². The van der Waals surface area contributed by atoms with E-state index in [1.54, 1.807) is 0 Å². The fourth-order valence-electron chi connectivity index (χ4n) is 1.46. The van der Waals surface area contributed by atoms with Gasteiger partial charge in [-0.2, -0.15) is 0 Å². The lowest BCUT2D eigenvalue weighted by atomic mass is 10.3. The Morgan fingerprint density at radius 2 is 1.95 bits per heavy atom. The van der Waals surface area contributed by atoms with E-state index in [9.17, 15) is 22.0 Å². The van der Waals surface area contributed by atoms with Gasteiger partial charge in [-0.3, -0.25) is 4.79 Å². The van der Waals surface area contributed by atoms with Crippen molar-refractivity contribution in [3.8, 4) is 0 Å². The van der Waals surface area contributed by atoms with Crippen molar-refractivity contribution in [1.29, 1.82) is 0 Å². The van der Waals surface area contributed by atoms with Crippen LogP contribution in [0.4, 0.5) is 14.5 Å². The van der Waals surface area contributed by atoms with E-state index in [-0.39, 0.29) is 9.90 Å². The number of halogens is 3. The van der Waals surface area contributed by atoms with Gasteiger partial charge in [-0.25, -0.2) is 21.9 Å². The third kappa shape index (κ3) is 4.23. The zero-order valence-electron chi connectivity index (χ0n) is 10.8. The molecule has 0 radical (unpaired) electrons. The zero-order chi connectivity index (χ0) is 16.3. The molecule has 0 aliphatic carbocycles. The Balaban J connectivity index is 1.98. The highest BCUT2D eigenvalue weighted by molar-refractivity contribution is 7.91. The number of thiophene rings is 1. The van der Waals surface area contributed by atoms with Gasteiger partial charge in [0.15, 0.2) is 0 Å². The van der Waals surface area contributed by atoms with Crippen LogP contribution in [0.5, 0.6) is 0 Å². The molecule has 0 saturated heterocycles. The van der Waals surface area contributed by atoms with E-state index in [4.69, 9.17) is 11.6 Å². The van der Waals surface area contributed by atoms with E-state index in [0.717, 1.165) is 23.5 Å². The first-order valence-electron chi connectivity index (χ1n) is 5.78. The summed E-state index contributed by atoms with van der Waals surface area (Å²) in [5.74, 6) is -2.54. The molecule has 2 aromatic rings. The number of hydrogen-bond donors (Lipinski definition) is 2. The lowest BCUT2D eigenvalue weighted by Gasteiger charge is -2.07. The molecule has 5 nitrogen and oxygen atoms in total. The quantitative estimate of drug-likeness (QED) is 0.854. The molecule has 0 aliphatic heterocycles. The van der Waals surface area contributed by atoms with Crippen molar-refractivity contribution in [2.24, 2.45) is 0 Å². The van der Waals surface area contributed by atoms with Crippen LogP contribution in [0.15, 0.2) is 34.5 Å². The molecule has 0 unspecified atom stereocenters. The average molecular weight is 367 g/mol. The van der Waals surface area contributed by atoms with Gasteiger partial charge in [-0.05, 0) is 24.3 Å². The minimum Gasteiger partial charge on any atom is -0.322 e. The van der Waals surface area contributed by atoms with Gasteiger partial charge in [0, 0.05) is 6.07 Å². The van der Waals surface area contributed by atoms with Crippen LogP contribution in [0.2, 0.25) is 4.34 Å². The fraction of sp³-hybridized carbons (Fsp3) is 0.0833. The second-order valence-electron chi connectivity index (χ2n) is 4.06. The molecular weight excluding hydrogens is 358 g/mol. The number of nitrogens with one attached hydrogen (secondary N) is 2. The minimum absolute atomic E-state index is 0.0433. The first-order valence-corrected chi connectivity index (χ1v) is 8.45. The molecule has 0 fully saturated rings. The van der Waals surface area contributed by atoms with Crippen LogP contribution in [-0.2, 0) is 14.8 Å². The maximum Gasteiger partial charge on any atom is 0.250 e. The molecule has 0 bridgehead atoms. The standard InChI is InChI=1S/C12H9ClF2N2O3S2/c13-10-3-4-12(21-10)22(19,20)16-6-11(18)17-9-2-1-7(14)5-8(9)15/h1-5,16H,6H2,(H,17,18). The van der Waals surface area contributed by atoms with E-state index < -0.39 is 34.1 Å². The van der Waals surface area contributed by atoms with Crippen LogP contribution in [-0.4, -0.2) is 20.9 Å². The topological polar surface area (TPSA) is 75.3 Å². The van der Waals surface area contributed by atoms with Gasteiger partial charge in [0.25, 0.3) is 10.0 Å². The lowest BCUT2D eigenvalue weighted by molar-refractivity contribution is -0.115. The van der Waals surface area contributed by atoms with Gasteiger partial charge in [0.2, 0.25) is 5.91 Å². The maximum atomic E-state index is 13.3. The Bertz CT molecular complexity index is 808. The normalized spacial score (nSPS) is 11.4. The van der Waals surface area contributed by atoms with Crippen LogP contribution in [0.25, 0.3) is 0 Å². The third-order valence-electron chi connectivity index (χ3n) is 2.44. The molecule has 0 spiro atoms. The maximum absolute atomic E-state index is 13.3. The van der Waals surface area contributed by atoms with Gasteiger partial charge in [0.05, 0.1) is 16.6 Å². The Morgan fingerprint density at radius 3 is 2.55 bits per heavy atom. The van der Waals surface area contributed by atoms with Crippen molar-refractivity contribution in [3.05, 3.63) is 46.3 Å². The zero-order valence-corrected chi connectivity index (χ0v) is 13.2. The largest absolute Gasteiger partial charge is 0.322 e. The molecule has 1 aromatic heterocycles. The molecule has 0 atom stereocenters. The first kappa shape index (κ1) is 16.8. The summed E-state index contributed by atoms with van der Waals surface area (Å²) in [4.78, 5) is 11.6. The lowest BCUT2D eigenvalue weighted by Crippen LogP contribution is -2.32. The number of hydrogen-bond acceptors (Lipinski definition) is 4. The minimum atomic E-state index is -3.87. The van der Waals surface area contributed by atoms with Crippen LogP contribution in [0.1, 0.15) is 0 Å². The summed E-state index contributed by atoms with van der Waals surface area (Å²) in [6, 6.07) is 5.32. The highest BCUT2D eigenvalue weighted by Gasteiger charge is 2.18.